The van der Waals surface area contributed by atoms with Crippen molar-refractivity contribution in [2.45, 2.75) is 20.0 Å². The maximum Gasteiger partial charge on any atom is 0.337 e. The Bertz CT molecular complexity index is 505. The predicted molar refractivity (Wildman–Crippen MR) is 64.1 cm³/mol. The fraction of sp³-hybridized carbons (Fsp3) is 0.308. The lowest BCUT2D eigenvalue weighted by Crippen LogP contribution is -2.37. The lowest BCUT2D eigenvalue weighted by Gasteiger charge is -2.17. The van der Waals surface area contributed by atoms with Crippen LogP contribution in [0.3, 0.4) is 0 Å². The summed E-state index contributed by atoms with van der Waals surface area (Å²) in [6, 6.07) is 6.38. The van der Waals surface area contributed by atoms with Gasteiger partial charge in [-0.25, -0.2) is 9.63 Å². The highest BCUT2D eigenvalue weighted by Gasteiger charge is 2.38. The third-order valence-electron chi connectivity index (χ3n) is 2.64. The molecule has 6 heteroatoms. The van der Waals surface area contributed by atoms with Crippen LogP contribution in [-0.2, 0) is 14.4 Å². The van der Waals surface area contributed by atoms with Crippen molar-refractivity contribution < 1.29 is 24.0 Å². The first kappa shape index (κ1) is 13.2. The number of nitrogens with zero attached hydrogens (tertiary/aromatic N) is 1. The number of carbonyl (C=O) groups is 3. The van der Waals surface area contributed by atoms with Crippen LogP contribution >= 0.6 is 0 Å². The Balaban J connectivity index is 2.14. The summed E-state index contributed by atoms with van der Waals surface area (Å²) in [7, 11) is 0. The van der Waals surface area contributed by atoms with Crippen LogP contribution in [-0.4, -0.2) is 35.6 Å². The summed E-state index contributed by atoms with van der Waals surface area (Å²) >= 11 is 0. The molecule has 1 aliphatic rings. The molecule has 1 atom stereocenters. The van der Waals surface area contributed by atoms with Gasteiger partial charge in [-0.1, -0.05) is 12.1 Å². The maximum atomic E-state index is 12.0. The molecule has 2 rings (SSSR count). The average molecular weight is 263 g/mol. The summed E-state index contributed by atoms with van der Waals surface area (Å²) in [4.78, 5) is 40.4. The van der Waals surface area contributed by atoms with Gasteiger partial charge in [0.05, 0.1) is 17.7 Å². The van der Waals surface area contributed by atoms with Gasteiger partial charge in [-0.2, -0.15) is 0 Å². The summed E-state index contributed by atoms with van der Waals surface area (Å²) in [5.41, 5.74) is 0.534. The summed E-state index contributed by atoms with van der Waals surface area (Å²) < 4.78 is 4.75. The molecule has 0 bridgehead atoms. The van der Waals surface area contributed by atoms with E-state index in [9.17, 15) is 14.4 Å². The van der Waals surface area contributed by atoms with Crippen LogP contribution in [0.1, 0.15) is 34.6 Å². The molecule has 0 radical (unpaired) electrons. The Labute approximate surface area is 109 Å². The molecule has 100 valence electrons. The number of carbonyl (C=O) groups excluding carboxylic acids is 3. The molecule has 0 unspecified atom stereocenters. The zero-order valence-corrected chi connectivity index (χ0v) is 10.6. The van der Waals surface area contributed by atoms with Crippen molar-refractivity contribution in [1.82, 2.24) is 5.06 Å². The van der Waals surface area contributed by atoms with Crippen LogP contribution < -0.4 is 0 Å². The van der Waals surface area contributed by atoms with E-state index in [0.29, 0.717) is 5.06 Å². The molecule has 0 saturated carbocycles. The Morgan fingerprint density at radius 2 is 1.74 bits per heavy atom. The van der Waals surface area contributed by atoms with Gasteiger partial charge < -0.3 is 4.74 Å². The number of imide groups is 1. The summed E-state index contributed by atoms with van der Waals surface area (Å²) in [5, 5.41) is 0.603. The van der Waals surface area contributed by atoms with Gasteiger partial charge in [0.15, 0.2) is 6.10 Å². The van der Waals surface area contributed by atoms with E-state index in [-0.39, 0.29) is 17.7 Å². The molecule has 1 heterocycles. The Morgan fingerprint density at radius 1 is 1.21 bits per heavy atom. The minimum atomic E-state index is -1.03. The number of amides is 2. The van der Waals surface area contributed by atoms with Gasteiger partial charge >= 0.3 is 5.97 Å². The van der Waals surface area contributed by atoms with E-state index >= 15 is 0 Å². The largest absolute Gasteiger partial charge is 0.464 e. The number of esters is 1. The second-order valence-electron chi connectivity index (χ2n) is 3.95. The molecular formula is C13H13NO5. The summed E-state index contributed by atoms with van der Waals surface area (Å²) in [6.07, 6.45) is -1.03. The maximum absolute atomic E-state index is 12.0. The third kappa shape index (κ3) is 2.34. The van der Waals surface area contributed by atoms with Gasteiger partial charge in [-0.05, 0) is 26.0 Å². The zero-order chi connectivity index (χ0) is 14.0. The number of benzene rings is 1. The average Bonchev–Trinajstić information content (AvgIpc) is 2.65. The highest BCUT2D eigenvalue weighted by molar-refractivity contribution is 6.20. The third-order valence-corrected chi connectivity index (χ3v) is 2.64. The summed E-state index contributed by atoms with van der Waals surface area (Å²) in [5.74, 6) is -1.77. The molecule has 0 spiro atoms. The molecule has 2 amide bonds. The molecule has 0 fully saturated rings. The van der Waals surface area contributed by atoms with Gasteiger partial charge in [-0.3, -0.25) is 9.59 Å². The van der Waals surface area contributed by atoms with Crippen molar-refractivity contribution in [2.75, 3.05) is 6.61 Å². The predicted octanol–water partition coefficient (Wildman–Crippen LogP) is 1.17. The van der Waals surface area contributed by atoms with Crippen molar-refractivity contribution in [3.05, 3.63) is 35.4 Å². The molecular weight excluding hydrogens is 250 g/mol. The van der Waals surface area contributed by atoms with E-state index < -0.39 is 23.9 Å². The minimum absolute atomic E-state index is 0.203. The van der Waals surface area contributed by atoms with Crippen molar-refractivity contribution >= 4 is 17.8 Å². The first-order chi connectivity index (χ1) is 9.06. The Kier molecular flexibility index (Phi) is 3.62. The number of hydrogen-bond donors (Lipinski definition) is 0. The van der Waals surface area contributed by atoms with E-state index in [2.05, 4.69) is 0 Å². The Hall–Kier alpha value is -2.21. The molecule has 6 nitrogen and oxygen atoms in total. The van der Waals surface area contributed by atoms with Gasteiger partial charge in [0.1, 0.15) is 0 Å². The molecule has 1 aliphatic heterocycles. The monoisotopic (exact) mass is 263 g/mol. The molecule has 19 heavy (non-hydrogen) atoms. The van der Waals surface area contributed by atoms with Crippen molar-refractivity contribution in [3.63, 3.8) is 0 Å². The van der Waals surface area contributed by atoms with Gasteiger partial charge in [0.25, 0.3) is 11.8 Å². The first-order valence-corrected chi connectivity index (χ1v) is 5.87. The molecule has 1 aromatic carbocycles. The van der Waals surface area contributed by atoms with Crippen LogP contribution in [0.4, 0.5) is 0 Å². The van der Waals surface area contributed by atoms with Gasteiger partial charge in [-0.15, -0.1) is 5.06 Å². The van der Waals surface area contributed by atoms with Gasteiger partial charge in [0.2, 0.25) is 0 Å². The lowest BCUT2D eigenvalue weighted by molar-refractivity contribution is -0.176. The molecule has 0 saturated heterocycles. The fourth-order valence-corrected chi connectivity index (χ4v) is 1.72. The minimum Gasteiger partial charge on any atom is -0.464 e. The van der Waals surface area contributed by atoms with E-state index in [1.807, 2.05) is 0 Å². The van der Waals surface area contributed by atoms with Crippen LogP contribution in [0.25, 0.3) is 0 Å². The number of hydroxylamine groups is 2. The molecule has 0 aliphatic carbocycles. The number of ether oxygens (including phenoxy) is 1. The topological polar surface area (TPSA) is 72.9 Å². The lowest BCUT2D eigenvalue weighted by atomic mass is 10.1. The second kappa shape index (κ2) is 5.19. The molecule has 0 N–H and O–H groups in total. The van der Waals surface area contributed by atoms with E-state index in [1.165, 1.54) is 19.1 Å². The standard InChI is InChI=1S/C13H13NO5/c1-3-18-13(17)8(2)19-14-11(15)9-6-4-5-7-10(9)12(14)16/h4-8H,3H2,1-2H3/t8-/m0/s1. The van der Waals surface area contributed by atoms with Crippen LogP contribution in [0.2, 0.25) is 0 Å². The quantitative estimate of drug-likeness (QED) is 0.602. The first-order valence-electron chi connectivity index (χ1n) is 5.87. The number of rotatable bonds is 4. The highest BCUT2D eigenvalue weighted by atomic mass is 16.7. The van der Waals surface area contributed by atoms with E-state index in [1.54, 1.807) is 19.1 Å². The number of fused-ring (bicyclic) bond motifs is 1. The Morgan fingerprint density at radius 3 is 2.21 bits per heavy atom. The van der Waals surface area contributed by atoms with Crippen LogP contribution in [0, 0.1) is 0 Å². The normalized spacial score (nSPS) is 15.4. The van der Waals surface area contributed by atoms with E-state index in [4.69, 9.17) is 9.57 Å². The number of hydrogen-bond acceptors (Lipinski definition) is 5. The molecule has 1 aromatic rings. The summed E-state index contributed by atoms with van der Waals surface area (Å²) in [6.45, 7) is 3.28. The van der Waals surface area contributed by atoms with E-state index in [0.717, 1.165) is 0 Å². The van der Waals surface area contributed by atoms with Crippen LogP contribution in [0.15, 0.2) is 24.3 Å². The fourth-order valence-electron chi connectivity index (χ4n) is 1.72. The zero-order valence-electron chi connectivity index (χ0n) is 10.6. The highest BCUT2D eigenvalue weighted by Crippen LogP contribution is 2.23. The van der Waals surface area contributed by atoms with Crippen molar-refractivity contribution in [3.8, 4) is 0 Å². The van der Waals surface area contributed by atoms with Gasteiger partial charge in [0, 0.05) is 0 Å². The van der Waals surface area contributed by atoms with Crippen molar-refractivity contribution in [1.29, 1.82) is 0 Å². The smallest absolute Gasteiger partial charge is 0.337 e. The molecule has 0 aromatic heterocycles. The van der Waals surface area contributed by atoms with Crippen LogP contribution in [0.5, 0.6) is 0 Å². The second-order valence-corrected chi connectivity index (χ2v) is 3.95. The van der Waals surface area contributed by atoms with Crippen molar-refractivity contribution in [2.24, 2.45) is 0 Å². The SMILES string of the molecule is CCOC(=O)[C@H](C)ON1C(=O)c2ccccc2C1=O.